The summed E-state index contributed by atoms with van der Waals surface area (Å²) in [7, 11) is -0.318. The van der Waals surface area contributed by atoms with Crippen LogP contribution >= 0.6 is 0 Å². The van der Waals surface area contributed by atoms with E-state index in [1.54, 1.807) is 0 Å². The fourth-order valence-corrected chi connectivity index (χ4v) is 10.9. The number of methoxy groups -OCH3 is 1. The van der Waals surface area contributed by atoms with Gasteiger partial charge in [0.15, 0.2) is 8.32 Å². The van der Waals surface area contributed by atoms with Crippen molar-refractivity contribution in [3.63, 3.8) is 0 Å². The minimum atomic E-state index is -1.84. The third-order valence-corrected chi connectivity index (χ3v) is 17.1. The number of carbonyl (C=O) groups excluding carboxylic acids is 1. The molecule has 0 heterocycles. The van der Waals surface area contributed by atoms with E-state index in [0.29, 0.717) is 29.3 Å². The Morgan fingerprint density at radius 2 is 1.69 bits per heavy atom. The van der Waals surface area contributed by atoms with Crippen molar-refractivity contribution in [3.05, 3.63) is 0 Å². The van der Waals surface area contributed by atoms with Crippen LogP contribution in [0.4, 0.5) is 0 Å². The molecule has 4 rings (SSSR count). The van der Waals surface area contributed by atoms with Crippen molar-refractivity contribution in [1.82, 2.24) is 0 Å². The van der Waals surface area contributed by atoms with Crippen molar-refractivity contribution >= 4 is 14.3 Å². The SMILES string of the molecule is COC(=O)CC[C@@H](C)[C@H]1CC[C@H]2[C@@H]3C(O[Si](C)(C)C(C)(C)C)C[C@@H]4CCCC[C@]4(C)[C@H]3CC[C@]12C. The summed E-state index contributed by atoms with van der Waals surface area (Å²) in [5, 5.41) is 0.258. The highest BCUT2D eigenvalue weighted by molar-refractivity contribution is 6.74. The molecular formula is C31H56O3Si. The van der Waals surface area contributed by atoms with E-state index in [1.807, 2.05) is 0 Å². The van der Waals surface area contributed by atoms with Crippen molar-refractivity contribution in [2.75, 3.05) is 7.11 Å². The van der Waals surface area contributed by atoms with Crippen LogP contribution in [0, 0.1) is 46.3 Å². The van der Waals surface area contributed by atoms with Gasteiger partial charge in [0.05, 0.1) is 7.11 Å². The zero-order valence-corrected chi connectivity index (χ0v) is 25.5. The van der Waals surface area contributed by atoms with Crippen molar-refractivity contribution in [2.45, 2.75) is 136 Å². The monoisotopic (exact) mass is 504 g/mol. The van der Waals surface area contributed by atoms with E-state index in [2.05, 4.69) is 54.6 Å². The molecular weight excluding hydrogens is 448 g/mol. The molecule has 0 aromatic heterocycles. The number of carbonyl (C=O) groups is 1. The Balaban J connectivity index is 1.63. The zero-order valence-electron chi connectivity index (χ0n) is 24.5. The highest BCUT2D eigenvalue weighted by atomic mass is 28.4. The van der Waals surface area contributed by atoms with Gasteiger partial charge in [-0.1, -0.05) is 54.4 Å². The molecule has 0 saturated heterocycles. The molecule has 4 heteroatoms. The molecule has 4 saturated carbocycles. The van der Waals surface area contributed by atoms with Gasteiger partial charge in [0.2, 0.25) is 0 Å². The summed E-state index contributed by atoms with van der Waals surface area (Å²) in [4.78, 5) is 11.9. The largest absolute Gasteiger partial charge is 0.469 e. The average Bonchev–Trinajstić information content (AvgIpc) is 3.13. The summed E-state index contributed by atoms with van der Waals surface area (Å²) >= 11 is 0. The van der Waals surface area contributed by atoms with Crippen molar-refractivity contribution < 1.29 is 14.0 Å². The van der Waals surface area contributed by atoms with Crippen LogP contribution in [0.1, 0.15) is 112 Å². The fraction of sp³-hybridized carbons (Fsp3) is 0.968. The van der Waals surface area contributed by atoms with E-state index in [0.717, 1.165) is 36.0 Å². The lowest BCUT2D eigenvalue weighted by atomic mass is 9.44. The van der Waals surface area contributed by atoms with Crippen LogP contribution in [0.25, 0.3) is 0 Å². The Morgan fingerprint density at radius 3 is 2.34 bits per heavy atom. The van der Waals surface area contributed by atoms with Crippen molar-refractivity contribution in [1.29, 1.82) is 0 Å². The summed E-state index contributed by atoms with van der Waals surface area (Å²) in [6.07, 6.45) is 14.5. The molecule has 4 aliphatic carbocycles. The number of fused-ring (bicyclic) bond motifs is 5. The molecule has 0 spiro atoms. The van der Waals surface area contributed by atoms with Gasteiger partial charge in [-0.3, -0.25) is 4.79 Å². The molecule has 0 aliphatic heterocycles. The van der Waals surface area contributed by atoms with Gasteiger partial charge in [-0.15, -0.1) is 0 Å². The maximum Gasteiger partial charge on any atom is 0.305 e. The summed E-state index contributed by atoms with van der Waals surface area (Å²) < 4.78 is 12.4. The standard InChI is InChI=1S/C31H56O3Si/c1-21(13-16-27(32)33-7)23-14-15-24-28-25(17-19-31(23,24)6)30(5)18-11-10-12-22(30)20-26(28)34-35(8,9)29(2,3)4/h21-26,28H,10-20H2,1-9H3/t21-,22+,23-,24+,25+,26?,28+,30+,31-/m1/s1. The predicted octanol–water partition coefficient (Wildman–Crippen LogP) is 8.63. The van der Waals surface area contributed by atoms with Crippen LogP contribution in [0.5, 0.6) is 0 Å². The minimum Gasteiger partial charge on any atom is -0.469 e. The number of rotatable bonds is 6. The molecule has 1 unspecified atom stereocenters. The fourth-order valence-electron chi connectivity index (χ4n) is 9.53. The molecule has 4 aliphatic rings. The Labute approximate surface area is 218 Å². The van der Waals surface area contributed by atoms with Crippen LogP contribution in [0.15, 0.2) is 0 Å². The van der Waals surface area contributed by atoms with Crippen LogP contribution < -0.4 is 0 Å². The van der Waals surface area contributed by atoms with E-state index >= 15 is 0 Å². The van der Waals surface area contributed by atoms with Gasteiger partial charge in [-0.05, 0) is 116 Å². The summed E-state index contributed by atoms with van der Waals surface area (Å²) in [6, 6.07) is 0. The summed E-state index contributed by atoms with van der Waals surface area (Å²) in [5.74, 6) is 4.45. The van der Waals surface area contributed by atoms with E-state index in [1.165, 1.54) is 64.9 Å². The zero-order chi connectivity index (χ0) is 25.8. The Hall–Kier alpha value is -0.353. The second kappa shape index (κ2) is 9.75. The van der Waals surface area contributed by atoms with Crippen molar-refractivity contribution in [3.8, 4) is 0 Å². The molecule has 4 fully saturated rings. The minimum absolute atomic E-state index is 0.0494. The number of hydrogen-bond donors (Lipinski definition) is 0. The number of ether oxygens (including phenoxy) is 1. The molecule has 0 aromatic rings. The third kappa shape index (κ3) is 4.82. The van der Waals surface area contributed by atoms with Gasteiger partial charge in [0.1, 0.15) is 0 Å². The van der Waals surface area contributed by atoms with Gasteiger partial charge >= 0.3 is 5.97 Å². The second-order valence-electron chi connectivity index (χ2n) is 15.2. The van der Waals surface area contributed by atoms with Crippen molar-refractivity contribution in [2.24, 2.45) is 46.3 Å². The highest BCUT2D eigenvalue weighted by Gasteiger charge is 2.63. The molecule has 9 atom stereocenters. The Kier molecular flexibility index (Phi) is 7.71. The van der Waals surface area contributed by atoms with Gasteiger partial charge in [-0.25, -0.2) is 0 Å². The average molecular weight is 505 g/mol. The van der Waals surface area contributed by atoms with Gasteiger partial charge < -0.3 is 9.16 Å². The first-order valence-electron chi connectivity index (χ1n) is 15.0. The molecule has 0 bridgehead atoms. The van der Waals surface area contributed by atoms with Gasteiger partial charge in [-0.2, -0.15) is 0 Å². The van der Waals surface area contributed by atoms with E-state index in [-0.39, 0.29) is 11.0 Å². The Morgan fingerprint density at radius 1 is 1.00 bits per heavy atom. The van der Waals surface area contributed by atoms with Crippen LogP contribution in [-0.4, -0.2) is 27.5 Å². The molecule has 0 radical (unpaired) electrons. The normalized spacial score (nSPS) is 42.5. The molecule has 3 nitrogen and oxygen atoms in total. The molecule has 202 valence electrons. The third-order valence-electron chi connectivity index (χ3n) is 12.6. The van der Waals surface area contributed by atoms with Gasteiger partial charge in [0.25, 0.3) is 0 Å². The molecule has 35 heavy (non-hydrogen) atoms. The lowest BCUT2D eigenvalue weighted by Crippen LogP contribution is -2.60. The quantitative estimate of drug-likeness (QED) is 0.268. The lowest BCUT2D eigenvalue weighted by Gasteiger charge is -2.63. The lowest BCUT2D eigenvalue weighted by molar-refractivity contribution is -0.160. The van der Waals surface area contributed by atoms with Gasteiger partial charge in [0, 0.05) is 12.5 Å². The smallest absolute Gasteiger partial charge is 0.305 e. The first-order chi connectivity index (χ1) is 16.2. The van der Waals surface area contributed by atoms with E-state index in [4.69, 9.17) is 9.16 Å². The predicted molar refractivity (Wildman–Crippen MR) is 148 cm³/mol. The Bertz CT molecular complexity index is 772. The maximum absolute atomic E-state index is 11.9. The van der Waals surface area contributed by atoms with E-state index in [9.17, 15) is 4.79 Å². The second-order valence-corrected chi connectivity index (χ2v) is 20.0. The summed E-state index contributed by atoms with van der Waals surface area (Å²) in [5.41, 5.74) is 0.912. The molecule has 0 aromatic carbocycles. The number of esters is 1. The topological polar surface area (TPSA) is 35.5 Å². The number of hydrogen-bond acceptors (Lipinski definition) is 3. The first kappa shape index (κ1) is 27.7. The summed E-state index contributed by atoms with van der Waals surface area (Å²) in [6.45, 7) is 19.9. The van der Waals surface area contributed by atoms with E-state index < -0.39 is 8.32 Å². The highest BCUT2D eigenvalue weighted by Crippen LogP contribution is 2.69. The maximum atomic E-state index is 11.9. The van der Waals surface area contributed by atoms with Crippen LogP contribution in [0.2, 0.25) is 18.1 Å². The molecule has 0 amide bonds. The first-order valence-corrected chi connectivity index (χ1v) is 17.9. The van der Waals surface area contributed by atoms with Crippen LogP contribution in [-0.2, 0) is 14.0 Å². The van der Waals surface area contributed by atoms with Crippen LogP contribution in [0.3, 0.4) is 0 Å². The molecule has 0 N–H and O–H groups in total.